The summed E-state index contributed by atoms with van der Waals surface area (Å²) in [6.07, 6.45) is 4.49. The molecule has 1 saturated carbocycles. The number of benzene rings is 2. The van der Waals surface area contributed by atoms with E-state index in [0.717, 1.165) is 24.4 Å². The molecule has 150 valence electrons. The van der Waals surface area contributed by atoms with Crippen LogP contribution in [0.2, 0.25) is 0 Å². The molecule has 0 unspecified atom stereocenters. The van der Waals surface area contributed by atoms with E-state index in [1.54, 1.807) is 22.8 Å². The summed E-state index contributed by atoms with van der Waals surface area (Å²) in [5.41, 5.74) is 1.97. The van der Waals surface area contributed by atoms with Crippen LogP contribution in [-0.2, 0) is 0 Å². The molecule has 5 heteroatoms. The van der Waals surface area contributed by atoms with Crippen LogP contribution in [0.15, 0.2) is 53.3 Å². The normalized spacial score (nSPS) is 19.3. The van der Waals surface area contributed by atoms with Crippen LogP contribution in [0.3, 0.4) is 0 Å². The first kappa shape index (κ1) is 19.4. The Bertz CT molecular complexity index is 1090. The minimum Gasteiger partial charge on any atom is -0.339 e. The van der Waals surface area contributed by atoms with Gasteiger partial charge in [0.15, 0.2) is 0 Å². The molecule has 0 N–H and O–H groups in total. The summed E-state index contributed by atoms with van der Waals surface area (Å²) in [7, 11) is 1.90. The predicted molar refractivity (Wildman–Crippen MR) is 116 cm³/mol. The van der Waals surface area contributed by atoms with E-state index >= 15 is 0 Å². The van der Waals surface area contributed by atoms with Gasteiger partial charge in [-0.2, -0.15) is 0 Å². The first-order valence-corrected chi connectivity index (χ1v) is 10.3. The highest BCUT2D eigenvalue weighted by molar-refractivity contribution is 5.94. The van der Waals surface area contributed by atoms with E-state index in [2.05, 4.69) is 11.9 Å². The maximum absolute atomic E-state index is 13.0. The second-order valence-electron chi connectivity index (χ2n) is 8.19. The molecule has 1 aromatic heterocycles. The molecule has 4 rings (SSSR count). The fourth-order valence-corrected chi connectivity index (χ4v) is 4.30. The van der Waals surface area contributed by atoms with Gasteiger partial charge in [0.05, 0.1) is 16.6 Å². The summed E-state index contributed by atoms with van der Waals surface area (Å²) in [6.45, 7) is 4.10. The third-order valence-corrected chi connectivity index (χ3v) is 6.17. The van der Waals surface area contributed by atoms with Crippen LogP contribution in [0.4, 0.5) is 0 Å². The molecule has 0 bridgehead atoms. The fourth-order valence-electron chi connectivity index (χ4n) is 4.30. The van der Waals surface area contributed by atoms with Gasteiger partial charge in [-0.3, -0.25) is 14.2 Å². The lowest BCUT2D eigenvalue weighted by Crippen LogP contribution is -2.39. The summed E-state index contributed by atoms with van der Waals surface area (Å²) in [4.78, 5) is 32.3. The van der Waals surface area contributed by atoms with E-state index in [1.807, 2.05) is 49.2 Å². The molecule has 0 radical (unpaired) electrons. The van der Waals surface area contributed by atoms with Crippen LogP contribution < -0.4 is 5.56 Å². The summed E-state index contributed by atoms with van der Waals surface area (Å²) in [5.74, 6) is 1.42. The van der Waals surface area contributed by atoms with Gasteiger partial charge in [-0.15, -0.1) is 0 Å². The number of carbonyl (C=O) groups excluding carboxylic acids is 1. The van der Waals surface area contributed by atoms with Crippen LogP contribution in [0.5, 0.6) is 0 Å². The standard InChI is InChI=1S/C24H27N3O2/c1-16-8-12-19(13-9-16)26(3)23(28)18-10-14-20(15-11-18)27-17(2)25-22-7-5-4-6-21(22)24(27)29/h4-7,10-11,14-16,19H,8-9,12-13H2,1-3H3. The third-order valence-electron chi connectivity index (χ3n) is 6.17. The van der Waals surface area contributed by atoms with Crippen LogP contribution in [-0.4, -0.2) is 33.4 Å². The van der Waals surface area contributed by atoms with Crippen molar-refractivity contribution >= 4 is 16.8 Å². The van der Waals surface area contributed by atoms with E-state index in [9.17, 15) is 9.59 Å². The lowest BCUT2D eigenvalue weighted by molar-refractivity contribution is 0.0679. The largest absolute Gasteiger partial charge is 0.339 e. The molecule has 0 saturated heterocycles. The zero-order valence-corrected chi connectivity index (χ0v) is 17.3. The van der Waals surface area contributed by atoms with E-state index in [-0.39, 0.29) is 11.5 Å². The van der Waals surface area contributed by atoms with Gasteiger partial charge in [-0.05, 0) is 74.9 Å². The Labute approximate surface area is 171 Å². The van der Waals surface area contributed by atoms with Gasteiger partial charge >= 0.3 is 0 Å². The van der Waals surface area contributed by atoms with Gasteiger partial charge in [0, 0.05) is 18.7 Å². The molecule has 1 aliphatic rings. The molecule has 29 heavy (non-hydrogen) atoms. The van der Waals surface area contributed by atoms with Crippen LogP contribution in [0.1, 0.15) is 48.8 Å². The molecular weight excluding hydrogens is 362 g/mol. The van der Waals surface area contributed by atoms with Gasteiger partial charge in [0.1, 0.15) is 5.82 Å². The molecule has 0 atom stereocenters. The first-order chi connectivity index (χ1) is 14.0. The number of aromatic nitrogens is 2. The van der Waals surface area contributed by atoms with E-state index < -0.39 is 0 Å². The van der Waals surface area contributed by atoms with Crippen LogP contribution in [0, 0.1) is 12.8 Å². The number of rotatable bonds is 3. The second-order valence-corrected chi connectivity index (χ2v) is 8.19. The fraction of sp³-hybridized carbons (Fsp3) is 0.375. The van der Waals surface area contributed by atoms with Crippen molar-refractivity contribution in [2.24, 2.45) is 5.92 Å². The van der Waals surface area contributed by atoms with Crippen LogP contribution >= 0.6 is 0 Å². The van der Waals surface area contributed by atoms with E-state index in [1.165, 1.54) is 12.8 Å². The van der Waals surface area contributed by atoms with Gasteiger partial charge in [0.2, 0.25) is 0 Å². The molecule has 0 spiro atoms. The van der Waals surface area contributed by atoms with Gasteiger partial charge in [0.25, 0.3) is 11.5 Å². The van der Waals surface area contributed by atoms with Gasteiger partial charge in [-0.25, -0.2) is 4.98 Å². The van der Waals surface area contributed by atoms with Crippen molar-refractivity contribution in [2.45, 2.75) is 45.6 Å². The Hall–Kier alpha value is -2.95. The molecule has 1 heterocycles. The number of para-hydroxylation sites is 1. The average molecular weight is 389 g/mol. The number of nitrogens with zero attached hydrogens (tertiary/aromatic N) is 3. The lowest BCUT2D eigenvalue weighted by atomic mass is 9.86. The third kappa shape index (κ3) is 3.69. The van der Waals surface area contributed by atoms with Crippen molar-refractivity contribution in [3.63, 3.8) is 0 Å². The first-order valence-electron chi connectivity index (χ1n) is 10.3. The highest BCUT2D eigenvalue weighted by Gasteiger charge is 2.25. The minimum atomic E-state index is -0.0966. The number of amides is 1. The molecule has 3 aromatic rings. The Morgan fingerprint density at radius 2 is 1.69 bits per heavy atom. The number of aryl methyl sites for hydroxylation is 1. The SMILES string of the molecule is Cc1nc2ccccc2c(=O)n1-c1ccc(C(=O)N(C)C2CCC(C)CC2)cc1. The molecular formula is C24H27N3O2. The van der Waals surface area contributed by atoms with Crippen molar-refractivity contribution < 1.29 is 4.79 Å². The molecule has 1 aliphatic carbocycles. The highest BCUT2D eigenvalue weighted by atomic mass is 16.2. The summed E-state index contributed by atoms with van der Waals surface area (Å²) < 4.78 is 1.60. The van der Waals surface area contributed by atoms with E-state index in [0.29, 0.717) is 28.3 Å². The molecule has 2 aromatic carbocycles. The quantitative estimate of drug-likeness (QED) is 0.669. The van der Waals surface area contributed by atoms with Crippen molar-refractivity contribution in [1.29, 1.82) is 0 Å². The van der Waals surface area contributed by atoms with E-state index in [4.69, 9.17) is 0 Å². The summed E-state index contributed by atoms with van der Waals surface area (Å²) in [5, 5.41) is 0.588. The summed E-state index contributed by atoms with van der Waals surface area (Å²) in [6, 6.07) is 14.9. The Balaban J connectivity index is 1.61. The van der Waals surface area contributed by atoms with Crippen LogP contribution in [0.25, 0.3) is 16.6 Å². The predicted octanol–water partition coefficient (Wildman–Crippen LogP) is 4.34. The smallest absolute Gasteiger partial charge is 0.265 e. The number of carbonyl (C=O) groups is 1. The van der Waals surface area contributed by atoms with Gasteiger partial charge in [-0.1, -0.05) is 19.1 Å². The zero-order valence-electron chi connectivity index (χ0n) is 17.3. The molecule has 1 fully saturated rings. The van der Waals surface area contributed by atoms with Crippen molar-refractivity contribution in [3.8, 4) is 5.69 Å². The maximum Gasteiger partial charge on any atom is 0.265 e. The topological polar surface area (TPSA) is 55.2 Å². The zero-order chi connectivity index (χ0) is 20.5. The highest BCUT2D eigenvalue weighted by Crippen LogP contribution is 2.27. The Morgan fingerprint density at radius 1 is 1.03 bits per heavy atom. The minimum absolute atomic E-state index is 0.0387. The monoisotopic (exact) mass is 389 g/mol. The molecule has 0 aliphatic heterocycles. The van der Waals surface area contributed by atoms with Crippen molar-refractivity contribution in [2.75, 3.05) is 7.05 Å². The van der Waals surface area contributed by atoms with Crippen molar-refractivity contribution in [1.82, 2.24) is 14.5 Å². The number of hydrogen-bond acceptors (Lipinski definition) is 3. The number of hydrogen-bond donors (Lipinski definition) is 0. The average Bonchev–Trinajstić information content (AvgIpc) is 2.74. The number of fused-ring (bicyclic) bond motifs is 1. The lowest BCUT2D eigenvalue weighted by Gasteiger charge is -2.33. The second kappa shape index (κ2) is 7.82. The van der Waals surface area contributed by atoms with Gasteiger partial charge < -0.3 is 4.90 Å². The molecule has 5 nitrogen and oxygen atoms in total. The van der Waals surface area contributed by atoms with Crippen molar-refractivity contribution in [3.05, 3.63) is 70.3 Å². The maximum atomic E-state index is 13.0. The summed E-state index contributed by atoms with van der Waals surface area (Å²) >= 11 is 0. The molecule has 1 amide bonds. The Morgan fingerprint density at radius 3 is 2.38 bits per heavy atom. The Kier molecular flexibility index (Phi) is 5.22.